The Morgan fingerprint density at radius 3 is 2.57 bits per heavy atom. The number of pyridine rings is 1. The predicted molar refractivity (Wildman–Crippen MR) is 141 cm³/mol. The summed E-state index contributed by atoms with van der Waals surface area (Å²) in [5.74, 6) is -0.646. The molecule has 2 aromatic carbocycles. The Kier molecular flexibility index (Phi) is 6.64. The fourth-order valence-electron chi connectivity index (χ4n) is 4.74. The number of nitrogens with zero attached hydrogens (tertiary/aromatic N) is 1. The van der Waals surface area contributed by atoms with Crippen LogP contribution in [0.25, 0.3) is 22.2 Å². The van der Waals surface area contributed by atoms with Gasteiger partial charge in [0.1, 0.15) is 5.00 Å². The minimum absolute atomic E-state index is 0.253. The number of aryl methyl sites for hydroxylation is 2. The van der Waals surface area contributed by atoms with Gasteiger partial charge in [-0.1, -0.05) is 55.8 Å². The molecule has 0 aliphatic heterocycles. The van der Waals surface area contributed by atoms with Gasteiger partial charge in [-0.3, -0.25) is 4.79 Å². The van der Waals surface area contributed by atoms with Gasteiger partial charge in [-0.25, -0.2) is 9.78 Å². The van der Waals surface area contributed by atoms with Gasteiger partial charge in [0.05, 0.1) is 29.4 Å². The molecule has 0 fully saturated rings. The van der Waals surface area contributed by atoms with Crippen LogP contribution in [-0.2, 0) is 24.0 Å². The zero-order chi connectivity index (χ0) is 24.4. The molecule has 4 aromatic rings. The summed E-state index contributed by atoms with van der Waals surface area (Å²) in [6.07, 6.45) is 6.01. The number of para-hydroxylation sites is 1. The summed E-state index contributed by atoms with van der Waals surface area (Å²) in [6, 6.07) is 17.8. The Labute approximate surface area is 209 Å². The number of benzene rings is 2. The van der Waals surface area contributed by atoms with Gasteiger partial charge in [-0.05, 0) is 55.4 Å². The molecule has 0 saturated carbocycles. The van der Waals surface area contributed by atoms with Crippen molar-refractivity contribution in [3.8, 4) is 11.3 Å². The van der Waals surface area contributed by atoms with E-state index in [4.69, 9.17) is 9.72 Å². The number of rotatable bonds is 5. The second-order valence-electron chi connectivity index (χ2n) is 8.84. The Bertz CT molecular complexity index is 1410. The third-order valence-electron chi connectivity index (χ3n) is 6.66. The standard InChI is InChI=1S/C29H28N2O3S/c1-3-18-13-15-19(16-14-18)24-17-22(20-9-7-8-11-23(20)30-24)27(32)31-28-26(29(33)34-2)21-10-5-4-6-12-25(21)35-28/h7-9,11,13-17H,3-6,10,12H2,1-2H3,(H,31,32). The molecule has 0 spiro atoms. The van der Waals surface area contributed by atoms with Gasteiger partial charge >= 0.3 is 5.97 Å². The second-order valence-corrected chi connectivity index (χ2v) is 9.94. The van der Waals surface area contributed by atoms with Crippen molar-refractivity contribution in [3.63, 3.8) is 0 Å². The quantitative estimate of drug-likeness (QED) is 0.249. The molecule has 35 heavy (non-hydrogen) atoms. The lowest BCUT2D eigenvalue weighted by molar-refractivity contribution is 0.0601. The summed E-state index contributed by atoms with van der Waals surface area (Å²) in [6.45, 7) is 2.12. The minimum atomic E-state index is -0.393. The van der Waals surface area contributed by atoms with Crippen LogP contribution < -0.4 is 5.32 Å². The van der Waals surface area contributed by atoms with Crippen molar-refractivity contribution in [1.82, 2.24) is 4.98 Å². The SMILES string of the molecule is CCc1ccc(-c2cc(C(=O)Nc3sc4c(c3C(=O)OC)CCCCC4)c3ccccc3n2)cc1. The Hall–Kier alpha value is -3.51. The number of ether oxygens (including phenoxy) is 1. The molecule has 0 atom stereocenters. The highest BCUT2D eigenvalue weighted by atomic mass is 32.1. The van der Waals surface area contributed by atoms with E-state index in [0.717, 1.165) is 66.2 Å². The first-order valence-corrected chi connectivity index (χ1v) is 12.9. The van der Waals surface area contributed by atoms with Crippen LogP contribution >= 0.6 is 11.3 Å². The number of esters is 1. The van der Waals surface area contributed by atoms with E-state index in [1.165, 1.54) is 28.9 Å². The van der Waals surface area contributed by atoms with E-state index in [1.54, 1.807) is 0 Å². The third-order valence-corrected chi connectivity index (χ3v) is 7.86. The number of methoxy groups -OCH3 is 1. The summed E-state index contributed by atoms with van der Waals surface area (Å²) >= 11 is 1.50. The second kappa shape index (κ2) is 10.0. The number of amides is 1. The highest BCUT2D eigenvalue weighted by Gasteiger charge is 2.27. The van der Waals surface area contributed by atoms with Crippen molar-refractivity contribution in [3.05, 3.63) is 81.7 Å². The first kappa shape index (κ1) is 23.2. The van der Waals surface area contributed by atoms with Crippen molar-refractivity contribution in [1.29, 1.82) is 0 Å². The van der Waals surface area contributed by atoms with E-state index in [2.05, 4.69) is 24.4 Å². The molecule has 178 valence electrons. The first-order chi connectivity index (χ1) is 17.1. The summed E-state index contributed by atoms with van der Waals surface area (Å²) in [5, 5.41) is 4.41. The van der Waals surface area contributed by atoms with Gasteiger partial charge < -0.3 is 10.1 Å². The van der Waals surface area contributed by atoms with Crippen LogP contribution in [0.4, 0.5) is 5.00 Å². The minimum Gasteiger partial charge on any atom is -0.465 e. The first-order valence-electron chi connectivity index (χ1n) is 12.1. The van der Waals surface area contributed by atoms with Crippen molar-refractivity contribution >= 4 is 39.1 Å². The number of hydrogen-bond acceptors (Lipinski definition) is 5. The molecular formula is C29H28N2O3S. The summed E-state index contributed by atoms with van der Waals surface area (Å²) < 4.78 is 5.10. The van der Waals surface area contributed by atoms with E-state index >= 15 is 0 Å². The predicted octanol–water partition coefficient (Wildman–Crippen LogP) is 6.83. The Morgan fingerprint density at radius 2 is 1.80 bits per heavy atom. The van der Waals surface area contributed by atoms with Crippen LogP contribution in [0.1, 0.15) is 62.9 Å². The average molecular weight is 485 g/mol. The molecule has 5 rings (SSSR count). The van der Waals surface area contributed by atoms with Gasteiger partial charge in [-0.15, -0.1) is 11.3 Å². The van der Waals surface area contributed by atoms with Crippen LogP contribution in [0.3, 0.4) is 0 Å². The van der Waals surface area contributed by atoms with E-state index in [1.807, 2.05) is 42.5 Å². The Morgan fingerprint density at radius 1 is 1.03 bits per heavy atom. The number of nitrogens with one attached hydrogen (secondary N) is 1. The molecule has 2 heterocycles. The molecule has 1 aliphatic rings. The van der Waals surface area contributed by atoms with Crippen molar-refractivity contribution < 1.29 is 14.3 Å². The molecule has 2 aromatic heterocycles. The molecule has 1 N–H and O–H groups in total. The number of anilines is 1. The number of hydrogen-bond donors (Lipinski definition) is 1. The van der Waals surface area contributed by atoms with Gasteiger partial charge in [0.25, 0.3) is 5.91 Å². The summed E-state index contributed by atoms with van der Waals surface area (Å²) in [7, 11) is 1.39. The summed E-state index contributed by atoms with van der Waals surface area (Å²) in [5.41, 5.74) is 5.78. The average Bonchev–Trinajstić information content (AvgIpc) is 3.07. The van der Waals surface area contributed by atoms with E-state index in [9.17, 15) is 9.59 Å². The number of fused-ring (bicyclic) bond motifs is 2. The molecule has 0 saturated heterocycles. The number of aromatic nitrogens is 1. The van der Waals surface area contributed by atoms with E-state index in [-0.39, 0.29) is 5.91 Å². The maximum atomic E-state index is 13.7. The highest BCUT2D eigenvalue weighted by molar-refractivity contribution is 7.17. The van der Waals surface area contributed by atoms with E-state index in [0.29, 0.717) is 16.1 Å². The number of thiophene rings is 1. The lowest BCUT2D eigenvalue weighted by Gasteiger charge is -2.11. The molecule has 1 amide bonds. The Balaban J connectivity index is 1.57. The van der Waals surface area contributed by atoms with Gasteiger partial charge in [0, 0.05) is 15.8 Å². The van der Waals surface area contributed by atoms with Crippen LogP contribution in [0.15, 0.2) is 54.6 Å². The van der Waals surface area contributed by atoms with Crippen molar-refractivity contribution in [2.75, 3.05) is 12.4 Å². The third kappa shape index (κ3) is 4.58. The molecule has 1 aliphatic carbocycles. The summed E-state index contributed by atoms with van der Waals surface area (Å²) in [4.78, 5) is 32.4. The maximum Gasteiger partial charge on any atom is 0.341 e. The highest BCUT2D eigenvalue weighted by Crippen LogP contribution is 2.38. The fourth-order valence-corrected chi connectivity index (χ4v) is 6.01. The number of carbonyl (C=O) groups is 2. The smallest absolute Gasteiger partial charge is 0.341 e. The van der Waals surface area contributed by atoms with Crippen molar-refractivity contribution in [2.45, 2.75) is 45.4 Å². The maximum absolute atomic E-state index is 13.7. The molecule has 0 bridgehead atoms. The largest absolute Gasteiger partial charge is 0.465 e. The van der Waals surface area contributed by atoms with Gasteiger partial charge in [0.15, 0.2) is 0 Å². The van der Waals surface area contributed by atoms with Crippen LogP contribution in [0.5, 0.6) is 0 Å². The molecular weight excluding hydrogens is 456 g/mol. The van der Waals surface area contributed by atoms with Crippen LogP contribution in [-0.4, -0.2) is 24.0 Å². The fraction of sp³-hybridized carbons (Fsp3) is 0.276. The van der Waals surface area contributed by atoms with Gasteiger partial charge in [0.2, 0.25) is 0 Å². The zero-order valence-electron chi connectivity index (χ0n) is 20.0. The number of carbonyl (C=O) groups excluding carboxylic acids is 2. The monoisotopic (exact) mass is 484 g/mol. The molecule has 0 radical (unpaired) electrons. The molecule has 5 nitrogen and oxygen atoms in total. The van der Waals surface area contributed by atoms with Gasteiger partial charge in [-0.2, -0.15) is 0 Å². The lowest BCUT2D eigenvalue weighted by atomic mass is 10.0. The normalized spacial score (nSPS) is 13.2. The topological polar surface area (TPSA) is 68.3 Å². The zero-order valence-corrected chi connectivity index (χ0v) is 20.8. The van der Waals surface area contributed by atoms with E-state index < -0.39 is 5.97 Å². The van der Waals surface area contributed by atoms with Crippen molar-refractivity contribution in [2.24, 2.45) is 0 Å². The molecule has 6 heteroatoms. The van der Waals surface area contributed by atoms with Crippen LogP contribution in [0.2, 0.25) is 0 Å². The molecule has 0 unspecified atom stereocenters. The lowest BCUT2D eigenvalue weighted by Crippen LogP contribution is -2.15. The van der Waals surface area contributed by atoms with Crippen LogP contribution in [0, 0.1) is 0 Å².